The standard InChI is InChI=1S/C15H27NO3/c1-14(2,3)16(11-13(17)18)12-6-9-19-15(10-12)7-4-5-8-15/h12H,4-11H2,1-3H3,(H,17,18). The van der Waals surface area contributed by atoms with Crippen molar-refractivity contribution in [3.8, 4) is 0 Å². The van der Waals surface area contributed by atoms with E-state index in [2.05, 4.69) is 25.7 Å². The fraction of sp³-hybridized carbons (Fsp3) is 0.933. The van der Waals surface area contributed by atoms with Gasteiger partial charge in [0, 0.05) is 18.2 Å². The molecule has 1 atom stereocenters. The van der Waals surface area contributed by atoms with E-state index in [1.165, 1.54) is 12.8 Å². The Labute approximate surface area is 116 Å². The highest BCUT2D eigenvalue weighted by Crippen LogP contribution is 2.42. The Balaban J connectivity index is 2.10. The normalized spacial score (nSPS) is 27.1. The molecule has 1 aliphatic heterocycles. The molecular weight excluding hydrogens is 242 g/mol. The van der Waals surface area contributed by atoms with Crippen molar-refractivity contribution in [2.75, 3.05) is 13.2 Å². The topological polar surface area (TPSA) is 49.8 Å². The smallest absolute Gasteiger partial charge is 0.317 e. The monoisotopic (exact) mass is 269 g/mol. The Hall–Kier alpha value is -0.610. The summed E-state index contributed by atoms with van der Waals surface area (Å²) in [6.45, 7) is 7.22. The van der Waals surface area contributed by atoms with Gasteiger partial charge in [-0.15, -0.1) is 0 Å². The van der Waals surface area contributed by atoms with Crippen LogP contribution in [0.4, 0.5) is 0 Å². The van der Waals surface area contributed by atoms with E-state index in [0.717, 1.165) is 32.3 Å². The lowest BCUT2D eigenvalue weighted by molar-refractivity contribution is -0.146. The summed E-state index contributed by atoms with van der Waals surface area (Å²) >= 11 is 0. The van der Waals surface area contributed by atoms with Crippen LogP contribution in [-0.2, 0) is 9.53 Å². The average molecular weight is 269 g/mol. The van der Waals surface area contributed by atoms with Gasteiger partial charge < -0.3 is 9.84 Å². The minimum Gasteiger partial charge on any atom is -0.480 e. The fourth-order valence-electron chi connectivity index (χ4n) is 3.70. The summed E-state index contributed by atoms with van der Waals surface area (Å²) in [5, 5.41) is 9.16. The number of carbonyl (C=O) groups is 1. The van der Waals surface area contributed by atoms with Crippen LogP contribution in [0, 0.1) is 0 Å². The summed E-state index contributed by atoms with van der Waals surface area (Å²) in [6.07, 6.45) is 6.75. The highest BCUT2D eigenvalue weighted by Gasteiger charge is 2.43. The first-order valence-corrected chi connectivity index (χ1v) is 7.45. The number of ether oxygens (including phenoxy) is 1. The molecule has 1 unspecified atom stereocenters. The van der Waals surface area contributed by atoms with E-state index in [1.807, 2.05) is 0 Å². The molecule has 2 aliphatic rings. The molecular formula is C15H27NO3. The maximum atomic E-state index is 11.1. The first-order chi connectivity index (χ1) is 8.82. The van der Waals surface area contributed by atoms with Crippen LogP contribution in [0.15, 0.2) is 0 Å². The summed E-state index contributed by atoms with van der Waals surface area (Å²) < 4.78 is 6.05. The molecule has 1 spiro atoms. The largest absolute Gasteiger partial charge is 0.480 e. The van der Waals surface area contributed by atoms with E-state index in [9.17, 15) is 4.79 Å². The Morgan fingerprint density at radius 1 is 1.37 bits per heavy atom. The van der Waals surface area contributed by atoms with Gasteiger partial charge in [-0.05, 0) is 46.5 Å². The molecule has 2 rings (SSSR count). The van der Waals surface area contributed by atoms with Gasteiger partial charge in [0.2, 0.25) is 0 Å². The predicted molar refractivity (Wildman–Crippen MR) is 74.3 cm³/mol. The minimum atomic E-state index is -0.734. The molecule has 1 saturated carbocycles. The number of hydrogen-bond acceptors (Lipinski definition) is 3. The van der Waals surface area contributed by atoms with Crippen molar-refractivity contribution in [3.05, 3.63) is 0 Å². The Bertz CT molecular complexity index is 329. The number of rotatable bonds is 3. The Morgan fingerprint density at radius 2 is 2.00 bits per heavy atom. The highest BCUT2D eigenvalue weighted by atomic mass is 16.5. The molecule has 110 valence electrons. The summed E-state index contributed by atoms with van der Waals surface area (Å²) in [4.78, 5) is 13.3. The lowest BCUT2D eigenvalue weighted by atomic mass is 9.86. The SMILES string of the molecule is CC(C)(C)N(CC(=O)O)C1CCOC2(CCCC2)C1. The summed E-state index contributed by atoms with van der Waals surface area (Å²) in [5.41, 5.74) is -0.0644. The zero-order valence-electron chi connectivity index (χ0n) is 12.4. The number of hydrogen-bond donors (Lipinski definition) is 1. The van der Waals surface area contributed by atoms with Gasteiger partial charge >= 0.3 is 5.97 Å². The maximum Gasteiger partial charge on any atom is 0.317 e. The van der Waals surface area contributed by atoms with Crippen LogP contribution in [0.3, 0.4) is 0 Å². The van der Waals surface area contributed by atoms with E-state index >= 15 is 0 Å². The molecule has 0 aromatic rings. The first-order valence-electron chi connectivity index (χ1n) is 7.45. The first kappa shape index (κ1) is 14.8. The van der Waals surface area contributed by atoms with Crippen LogP contribution >= 0.6 is 0 Å². The molecule has 1 heterocycles. The van der Waals surface area contributed by atoms with Crippen LogP contribution < -0.4 is 0 Å². The van der Waals surface area contributed by atoms with Crippen molar-refractivity contribution in [1.29, 1.82) is 0 Å². The molecule has 19 heavy (non-hydrogen) atoms. The van der Waals surface area contributed by atoms with Crippen LogP contribution in [0.2, 0.25) is 0 Å². The van der Waals surface area contributed by atoms with Gasteiger partial charge in [-0.2, -0.15) is 0 Å². The van der Waals surface area contributed by atoms with Crippen molar-refractivity contribution in [3.63, 3.8) is 0 Å². The average Bonchev–Trinajstić information content (AvgIpc) is 2.72. The van der Waals surface area contributed by atoms with Crippen molar-refractivity contribution in [2.24, 2.45) is 0 Å². The third-order valence-electron chi connectivity index (χ3n) is 4.59. The lowest BCUT2D eigenvalue weighted by Crippen LogP contribution is -2.55. The minimum absolute atomic E-state index is 0.0465. The van der Waals surface area contributed by atoms with Crippen molar-refractivity contribution >= 4 is 5.97 Å². The molecule has 1 aliphatic carbocycles. The molecule has 1 N–H and O–H groups in total. The van der Waals surface area contributed by atoms with E-state index in [4.69, 9.17) is 9.84 Å². The van der Waals surface area contributed by atoms with Crippen LogP contribution in [0.5, 0.6) is 0 Å². The highest BCUT2D eigenvalue weighted by molar-refractivity contribution is 5.69. The second-order valence-corrected chi connectivity index (χ2v) is 7.08. The number of aliphatic carboxylic acids is 1. The second kappa shape index (κ2) is 5.41. The maximum absolute atomic E-state index is 11.1. The Morgan fingerprint density at radius 3 is 2.53 bits per heavy atom. The molecule has 1 saturated heterocycles. The van der Waals surface area contributed by atoms with Crippen LogP contribution in [0.1, 0.15) is 59.3 Å². The van der Waals surface area contributed by atoms with Crippen molar-refractivity contribution in [2.45, 2.75) is 76.5 Å². The summed E-state index contributed by atoms with van der Waals surface area (Å²) in [6, 6.07) is 0.336. The van der Waals surface area contributed by atoms with E-state index in [0.29, 0.717) is 6.04 Å². The molecule has 4 nitrogen and oxygen atoms in total. The van der Waals surface area contributed by atoms with Gasteiger partial charge in [0.1, 0.15) is 0 Å². The third-order valence-corrected chi connectivity index (χ3v) is 4.59. The Kier molecular flexibility index (Phi) is 4.21. The molecule has 0 aromatic heterocycles. The molecule has 2 fully saturated rings. The van der Waals surface area contributed by atoms with Gasteiger partial charge in [0.25, 0.3) is 0 Å². The van der Waals surface area contributed by atoms with Crippen molar-refractivity contribution < 1.29 is 14.6 Å². The van der Waals surface area contributed by atoms with Gasteiger partial charge in [-0.25, -0.2) is 0 Å². The zero-order valence-corrected chi connectivity index (χ0v) is 12.4. The molecule has 0 radical (unpaired) electrons. The van der Waals surface area contributed by atoms with Gasteiger partial charge in [-0.3, -0.25) is 9.69 Å². The van der Waals surface area contributed by atoms with Crippen LogP contribution in [0.25, 0.3) is 0 Å². The third kappa shape index (κ3) is 3.48. The van der Waals surface area contributed by atoms with Gasteiger partial charge in [0.15, 0.2) is 0 Å². The zero-order chi connectivity index (χ0) is 14.1. The van der Waals surface area contributed by atoms with E-state index in [-0.39, 0.29) is 17.7 Å². The summed E-state index contributed by atoms with van der Waals surface area (Å²) in [7, 11) is 0. The molecule has 0 bridgehead atoms. The molecule has 4 heteroatoms. The molecule has 0 amide bonds. The number of nitrogens with zero attached hydrogens (tertiary/aromatic N) is 1. The number of carboxylic acids is 1. The van der Waals surface area contributed by atoms with E-state index < -0.39 is 5.97 Å². The van der Waals surface area contributed by atoms with E-state index in [1.54, 1.807) is 0 Å². The fourth-order valence-corrected chi connectivity index (χ4v) is 3.70. The lowest BCUT2D eigenvalue weighted by Gasteiger charge is -2.47. The summed E-state index contributed by atoms with van der Waals surface area (Å²) in [5.74, 6) is -0.734. The number of carboxylic acid groups (broad SMARTS) is 1. The quantitative estimate of drug-likeness (QED) is 0.855. The van der Waals surface area contributed by atoms with Crippen LogP contribution in [-0.4, -0.2) is 46.3 Å². The molecule has 0 aromatic carbocycles. The van der Waals surface area contributed by atoms with Crippen molar-refractivity contribution in [1.82, 2.24) is 4.90 Å². The van der Waals surface area contributed by atoms with Gasteiger partial charge in [-0.1, -0.05) is 12.8 Å². The second-order valence-electron chi connectivity index (χ2n) is 7.08. The van der Waals surface area contributed by atoms with Gasteiger partial charge in [0.05, 0.1) is 12.1 Å². The predicted octanol–water partition coefficient (Wildman–Crippen LogP) is 2.66.